The van der Waals surface area contributed by atoms with Gasteiger partial charge in [-0.3, -0.25) is 4.79 Å². The number of hydrogen-bond donors (Lipinski definition) is 2. The summed E-state index contributed by atoms with van der Waals surface area (Å²) in [5.74, 6) is 1.45. The largest absolute Gasteiger partial charge is 0.493 e. The maximum absolute atomic E-state index is 12.0. The maximum atomic E-state index is 12.0. The number of nitrogens with one attached hydrogen (secondary N) is 2. The van der Waals surface area contributed by atoms with E-state index >= 15 is 0 Å². The number of unbranched alkanes of at least 4 members (excludes halogenated alkanes) is 1. The van der Waals surface area contributed by atoms with Crippen LogP contribution in [0.2, 0.25) is 0 Å². The van der Waals surface area contributed by atoms with Gasteiger partial charge < -0.3 is 19.5 Å². The Bertz CT molecular complexity index is 694. The molecule has 0 atom stereocenters. The second-order valence-corrected chi connectivity index (χ2v) is 8.58. The number of amides is 1. The number of sulfonamides is 1. The number of benzene rings is 1. The van der Waals surface area contributed by atoms with Crippen LogP contribution in [0.5, 0.6) is 17.2 Å². The highest BCUT2D eigenvalue weighted by atomic mass is 32.2. The Labute approximate surface area is 161 Å². The van der Waals surface area contributed by atoms with Gasteiger partial charge in [-0.15, -0.1) is 0 Å². The number of rotatable bonds is 12. The van der Waals surface area contributed by atoms with Gasteiger partial charge in [-0.05, 0) is 44.4 Å². The van der Waals surface area contributed by atoms with Crippen LogP contribution in [0.15, 0.2) is 12.1 Å². The van der Waals surface area contributed by atoms with E-state index < -0.39 is 15.3 Å². The molecule has 1 aromatic rings. The van der Waals surface area contributed by atoms with Crippen LogP contribution >= 0.6 is 0 Å². The molecule has 0 spiro atoms. The number of carbonyl (C=O) groups excluding carboxylic acids is 1. The predicted molar refractivity (Wildman–Crippen MR) is 104 cm³/mol. The highest BCUT2D eigenvalue weighted by Gasteiger charge is 2.15. The van der Waals surface area contributed by atoms with E-state index in [1.54, 1.807) is 26.0 Å². The van der Waals surface area contributed by atoms with Crippen LogP contribution in [0.25, 0.3) is 0 Å². The zero-order chi connectivity index (χ0) is 20.4. The van der Waals surface area contributed by atoms with Gasteiger partial charge in [-0.1, -0.05) is 0 Å². The molecule has 0 unspecified atom stereocenters. The Morgan fingerprint density at radius 3 is 2.11 bits per heavy atom. The Balaban J connectivity index is 2.44. The van der Waals surface area contributed by atoms with E-state index in [1.807, 2.05) is 0 Å². The quantitative estimate of drug-likeness (QED) is 0.517. The minimum Gasteiger partial charge on any atom is -0.493 e. The first kappa shape index (κ1) is 23.0. The van der Waals surface area contributed by atoms with E-state index in [9.17, 15) is 13.2 Å². The number of methoxy groups -OCH3 is 3. The first-order chi connectivity index (χ1) is 12.7. The number of hydrogen-bond acceptors (Lipinski definition) is 6. The van der Waals surface area contributed by atoms with Crippen molar-refractivity contribution in [2.24, 2.45) is 0 Å². The molecule has 0 aliphatic carbocycles. The van der Waals surface area contributed by atoms with Crippen LogP contribution in [-0.2, 0) is 21.4 Å². The average molecular weight is 403 g/mol. The molecule has 0 fully saturated rings. The Morgan fingerprint density at radius 1 is 1.04 bits per heavy atom. The lowest BCUT2D eigenvalue weighted by molar-refractivity contribution is -0.121. The molecule has 2 N–H and O–H groups in total. The Hall–Kier alpha value is -2.00. The van der Waals surface area contributed by atoms with Crippen molar-refractivity contribution in [3.05, 3.63) is 17.7 Å². The summed E-state index contributed by atoms with van der Waals surface area (Å²) in [7, 11) is 1.35. The summed E-state index contributed by atoms with van der Waals surface area (Å²) in [5.41, 5.74) is 0.822. The van der Waals surface area contributed by atoms with Crippen LogP contribution in [0.3, 0.4) is 0 Å². The number of ether oxygens (including phenoxy) is 3. The average Bonchev–Trinajstić information content (AvgIpc) is 2.64. The minimum atomic E-state index is -3.25. The van der Waals surface area contributed by atoms with E-state index in [0.29, 0.717) is 49.6 Å². The predicted octanol–water partition coefficient (Wildman–Crippen LogP) is 1.83. The molecule has 0 aliphatic heterocycles. The minimum absolute atomic E-state index is 0.101. The van der Waals surface area contributed by atoms with Crippen LogP contribution < -0.4 is 24.2 Å². The summed E-state index contributed by atoms with van der Waals surface area (Å²) in [6.45, 7) is 3.91. The van der Waals surface area contributed by atoms with E-state index in [-0.39, 0.29) is 5.91 Å². The zero-order valence-electron chi connectivity index (χ0n) is 16.6. The van der Waals surface area contributed by atoms with Crippen LogP contribution in [0, 0.1) is 0 Å². The van der Waals surface area contributed by atoms with Crippen LogP contribution in [-0.4, -0.2) is 47.4 Å². The van der Waals surface area contributed by atoms with Gasteiger partial charge in [-0.25, -0.2) is 13.1 Å². The van der Waals surface area contributed by atoms with Gasteiger partial charge in [-0.2, -0.15) is 0 Å². The highest BCUT2D eigenvalue weighted by molar-refractivity contribution is 7.90. The molecule has 0 heterocycles. The Kier molecular flexibility index (Phi) is 9.37. The summed E-state index contributed by atoms with van der Waals surface area (Å²) in [5, 5.41) is 2.38. The molecular weight excluding hydrogens is 372 g/mol. The van der Waals surface area contributed by atoms with Gasteiger partial charge in [0.1, 0.15) is 0 Å². The third kappa shape index (κ3) is 7.26. The third-order valence-corrected chi connectivity index (χ3v) is 5.82. The van der Waals surface area contributed by atoms with Crippen LogP contribution in [0.4, 0.5) is 0 Å². The standard InChI is InChI=1S/C18H30N2O6S/c1-13(2)27(22,23)20-9-7-6-8-17(21)19-12-14-10-15(24-3)18(26-5)16(11-14)25-4/h10-11,13,20H,6-9,12H2,1-5H3,(H,19,21). The fourth-order valence-electron chi connectivity index (χ4n) is 2.32. The summed E-state index contributed by atoms with van der Waals surface area (Å²) in [6.07, 6.45) is 1.53. The summed E-state index contributed by atoms with van der Waals surface area (Å²) >= 11 is 0. The summed E-state index contributed by atoms with van der Waals surface area (Å²) in [6, 6.07) is 3.56. The maximum Gasteiger partial charge on any atom is 0.220 e. The van der Waals surface area contributed by atoms with Crippen molar-refractivity contribution in [1.82, 2.24) is 10.0 Å². The van der Waals surface area contributed by atoms with Crippen molar-refractivity contribution in [2.45, 2.75) is 44.9 Å². The molecule has 1 amide bonds. The monoisotopic (exact) mass is 402 g/mol. The molecule has 0 bridgehead atoms. The van der Waals surface area contributed by atoms with Crippen LogP contribution in [0.1, 0.15) is 38.7 Å². The molecule has 0 aromatic heterocycles. The van der Waals surface area contributed by atoms with Gasteiger partial charge in [0.05, 0.1) is 26.6 Å². The lowest BCUT2D eigenvalue weighted by Crippen LogP contribution is -2.31. The molecule has 0 saturated heterocycles. The second kappa shape index (κ2) is 11.0. The van der Waals surface area contributed by atoms with Crippen molar-refractivity contribution in [1.29, 1.82) is 0 Å². The second-order valence-electron chi connectivity index (χ2n) is 6.26. The highest BCUT2D eigenvalue weighted by Crippen LogP contribution is 2.38. The van der Waals surface area contributed by atoms with Gasteiger partial charge in [0, 0.05) is 19.5 Å². The van der Waals surface area contributed by atoms with Crippen molar-refractivity contribution in [3.63, 3.8) is 0 Å². The molecule has 154 valence electrons. The molecule has 1 rings (SSSR count). The fraction of sp³-hybridized carbons (Fsp3) is 0.611. The van der Waals surface area contributed by atoms with Crippen molar-refractivity contribution in [3.8, 4) is 17.2 Å². The number of carbonyl (C=O) groups is 1. The molecule has 1 aromatic carbocycles. The molecule has 9 heteroatoms. The van der Waals surface area contributed by atoms with Crippen molar-refractivity contribution in [2.75, 3.05) is 27.9 Å². The molecular formula is C18H30N2O6S. The van der Waals surface area contributed by atoms with E-state index in [2.05, 4.69) is 10.0 Å². The first-order valence-corrected chi connectivity index (χ1v) is 10.3. The summed E-state index contributed by atoms with van der Waals surface area (Å²) < 4.78 is 41.6. The molecule has 8 nitrogen and oxygen atoms in total. The topological polar surface area (TPSA) is 103 Å². The fourth-order valence-corrected chi connectivity index (χ4v) is 3.08. The lowest BCUT2D eigenvalue weighted by atomic mass is 10.1. The van der Waals surface area contributed by atoms with Gasteiger partial charge in [0.25, 0.3) is 0 Å². The Morgan fingerprint density at radius 2 is 1.63 bits per heavy atom. The zero-order valence-corrected chi connectivity index (χ0v) is 17.4. The van der Waals surface area contributed by atoms with Crippen molar-refractivity contribution >= 4 is 15.9 Å². The first-order valence-electron chi connectivity index (χ1n) is 8.79. The van der Waals surface area contributed by atoms with Gasteiger partial charge in [0.15, 0.2) is 11.5 Å². The SMILES string of the molecule is COc1cc(CNC(=O)CCCCNS(=O)(=O)C(C)C)cc(OC)c1OC. The summed E-state index contributed by atoms with van der Waals surface area (Å²) in [4.78, 5) is 12.0. The van der Waals surface area contributed by atoms with Gasteiger partial charge >= 0.3 is 0 Å². The van der Waals surface area contributed by atoms with Crippen molar-refractivity contribution < 1.29 is 27.4 Å². The van der Waals surface area contributed by atoms with E-state index in [4.69, 9.17) is 14.2 Å². The molecule has 0 saturated carbocycles. The van der Waals surface area contributed by atoms with E-state index in [0.717, 1.165) is 5.56 Å². The van der Waals surface area contributed by atoms with E-state index in [1.165, 1.54) is 21.3 Å². The van der Waals surface area contributed by atoms with Gasteiger partial charge in [0.2, 0.25) is 21.7 Å². The molecule has 27 heavy (non-hydrogen) atoms. The third-order valence-electron chi connectivity index (χ3n) is 3.97. The lowest BCUT2D eigenvalue weighted by Gasteiger charge is -2.14. The molecule has 0 radical (unpaired) electrons. The molecule has 0 aliphatic rings. The normalized spacial score (nSPS) is 11.3. The smallest absolute Gasteiger partial charge is 0.220 e.